The number of hydrogen-bond acceptors (Lipinski definition) is 6. The summed E-state index contributed by atoms with van der Waals surface area (Å²) in [6.07, 6.45) is 6.61. The Hall–Kier alpha value is -4.21. The molecule has 1 aliphatic carbocycles. The highest BCUT2D eigenvalue weighted by molar-refractivity contribution is 6.27. The SMILES string of the molecule is CN=C(Nc1cncc(C(C)(C)F)n1)C(=CN)c1ncc(-c2ccc(C3(C(=O)O)CC3)cc2)cc1F. The number of halogens is 2. The van der Waals surface area contributed by atoms with E-state index in [1.165, 1.54) is 51.8 Å². The van der Waals surface area contributed by atoms with Crippen LogP contribution in [0.5, 0.6) is 0 Å². The summed E-state index contributed by atoms with van der Waals surface area (Å²) in [5.74, 6) is -1.08. The molecule has 2 aromatic heterocycles. The fourth-order valence-electron chi connectivity index (χ4n) is 3.87. The van der Waals surface area contributed by atoms with Gasteiger partial charge in [-0.2, -0.15) is 0 Å². The monoisotopic (exact) mass is 492 g/mol. The standard InChI is InChI=1S/C26H26F2N6O2/c1-25(2,28)20-13-31-14-21(33-20)34-23(30-3)18(11-29)22-19(27)10-16(12-32-22)15-4-6-17(7-5-15)26(8-9-26)24(35)36/h4-7,10-14H,8-9,29H2,1-3H3,(H,35,36)(H,30,33,34). The van der Waals surface area contributed by atoms with E-state index in [9.17, 15) is 14.3 Å². The number of nitrogens with zero attached hydrogens (tertiary/aromatic N) is 4. The average molecular weight is 493 g/mol. The van der Waals surface area contributed by atoms with Gasteiger partial charge in [0.25, 0.3) is 0 Å². The van der Waals surface area contributed by atoms with Gasteiger partial charge in [0.1, 0.15) is 28.8 Å². The van der Waals surface area contributed by atoms with Crippen LogP contribution in [0.4, 0.5) is 14.6 Å². The minimum absolute atomic E-state index is 0.0382. The Morgan fingerprint density at radius 3 is 2.42 bits per heavy atom. The number of nitrogens with one attached hydrogen (secondary N) is 1. The van der Waals surface area contributed by atoms with E-state index in [0.29, 0.717) is 24.0 Å². The number of alkyl halides is 1. The predicted octanol–water partition coefficient (Wildman–Crippen LogP) is 4.44. The topological polar surface area (TPSA) is 126 Å². The van der Waals surface area contributed by atoms with Gasteiger partial charge in [0.05, 0.1) is 29.1 Å². The molecule has 186 valence electrons. The van der Waals surface area contributed by atoms with Gasteiger partial charge in [-0.1, -0.05) is 24.3 Å². The first-order valence-corrected chi connectivity index (χ1v) is 11.3. The van der Waals surface area contributed by atoms with Gasteiger partial charge in [0, 0.05) is 25.0 Å². The highest BCUT2D eigenvalue weighted by Gasteiger charge is 2.51. The summed E-state index contributed by atoms with van der Waals surface area (Å²) in [4.78, 5) is 28.2. The Balaban J connectivity index is 1.58. The molecule has 0 spiro atoms. The molecule has 0 atom stereocenters. The highest BCUT2D eigenvalue weighted by atomic mass is 19.1. The Morgan fingerprint density at radius 2 is 1.89 bits per heavy atom. The maximum Gasteiger partial charge on any atom is 0.314 e. The van der Waals surface area contributed by atoms with Crippen molar-refractivity contribution in [1.82, 2.24) is 15.0 Å². The first-order valence-electron chi connectivity index (χ1n) is 11.3. The molecule has 0 radical (unpaired) electrons. The van der Waals surface area contributed by atoms with Crippen LogP contribution < -0.4 is 11.1 Å². The van der Waals surface area contributed by atoms with E-state index in [4.69, 9.17) is 5.73 Å². The zero-order chi connectivity index (χ0) is 26.1. The lowest BCUT2D eigenvalue weighted by molar-refractivity contribution is -0.140. The van der Waals surface area contributed by atoms with Crippen LogP contribution in [-0.4, -0.2) is 38.9 Å². The van der Waals surface area contributed by atoms with E-state index in [0.717, 1.165) is 5.56 Å². The molecule has 36 heavy (non-hydrogen) atoms. The fourth-order valence-corrected chi connectivity index (χ4v) is 3.87. The highest BCUT2D eigenvalue weighted by Crippen LogP contribution is 2.48. The Morgan fingerprint density at radius 1 is 1.19 bits per heavy atom. The zero-order valence-corrected chi connectivity index (χ0v) is 20.1. The lowest BCUT2D eigenvalue weighted by Gasteiger charge is -2.16. The first kappa shape index (κ1) is 24.9. The number of pyridine rings is 1. The van der Waals surface area contributed by atoms with Gasteiger partial charge in [0.2, 0.25) is 0 Å². The van der Waals surface area contributed by atoms with Crippen molar-refractivity contribution < 1.29 is 18.7 Å². The van der Waals surface area contributed by atoms with E-state index in [1.54, 1.807) is 24.3 Å². The molecule has 1 saturated carbocycles. The maximum atomic E-state index is 15.2. The molecule has 1 fully saturated rings. The van der Waals surface area contributed by atoms with Crippen molar-refractivity contribution in [2.24, 2.45) is 10.7 Å². The third kappa shape index (κ3) is 4.79. The normalized spacial score (nSPS) is 15.5. The number of anilines is 1. The molecule has 1 aliphatic rings. The van der Waals surface area contributed by atoms with Crippen LogP contribution in [0.2, 0.25) is 0 Å². The molecule has 4 N–H and O–H groups in total. The van der Waals surface area contributed by atoms with Crippen LogP contribution in [0.25, 0.3) is 16.7 Å². The van der Waals surface area contributed by atoms with Crippen molar-refractivity contribution in [3.05, 3.63) is 77.9 Å². The van der Waals surface area contributed by atoms with Crippen molar-refractivity contribution in [2.75, 3.05) is 12.4 Å². The summed E-state index contributed by atoms with van der Waals surface area (Å²) in [6.45, 7) is 2.73. The minimum atomic E-state index is -1.70. The van der Waals surface area contributed by atoms with E-state index in [-0.39, 0.29) is 28.6 Å². The fraction of sp³-hybridized carbons (Fsp3) is 0.269. The van der Waals surface area contributed by atoms with Gasteiger partial charge in [-0.25, -0.2) is 13.8 Å². The number of aliphatic carboxylic acids is 1. The summed E-state index contributed by atoms with van der Waals surface area (Å²) in [5, 5.41) is 12.4. The molecular formula is C26H26F2N6O2. The number of aliphatic imine (C=N–C) groups is 1. The number of carbonyl (C=O) groups is 1. The quantitative estimate of drug-likeness (QED) is 0.329. The van der Waals surface area contributed by atoms with E-state index < -0.39 is 22.9 Å². The second kappa shape index (κ2) is 9.44. The number of hydrogen-bond donors (Lipinski definition) is 3. The summed E-state index contributed by atoms with van der Waals surface area (Å²) >= 11 is 0. The predicted molar refractivity (Wildman–Crippen MR) is 133 cm³/mol. The van der Waals surface area contributed by atoms with Gasteiger partial charge in [-0.05, 0) is 43.9 Å². The number of nitrogens with two attached hydrogens (primary N) is 1. The number of rotatable bonds is 7. The first-order chi connectivity index (χ1) is 17.1. The number of amidine groups is 1. The zero-order valence-electron chi connectivity index (χ0n) is 20.1. The van der Waals surface area contributed by atoms with Crippen LogP contribution in [0.3, 0.4) is 0 Å². The molecule has 4 rings (SSSR count). The summed E-state index contributed by atoms with van der Waals surface area (Å²) in [6, 6.07) is 8.35. The number of aromatic nitrogens is 3. The molecule has 0 aliphatic heterocycles. The number of carboxylic acids is 1. The maximum absolute atomic E-state index is 15.2. The lowest BCUT2D eigenvalue weighted by Crippen LogP contribution is -2.20. The largest absolute Gasteiger partial charge is 0.481 e. The average Bonchev–Trinajstić information content (AvgIpc) is 3.67. The van der Waals surface area contributed by atoms with Gasteiger partial charge < -0.3 is 16.2 Å². The Kier molecular flexibility index (Phi) is 6.53. The number of benzene rings is 1. The van der Waals surface area contributed by atoms with E-state index in [1.807, 2.05) is 0 Å². The van der Waals surface area contributed by atoms with Crippen LogP contribution in [0.1, 0.15) is 43.6 Å². The number of carboxylic acid groups (broad SMARTS) is 1. The summed E-state index contributed by atoms with van der Waals surface area (Å²) in [5.41, 5.74) is 5.51. The third-order valence-corrected chi connectivity index (χ3v) is 6.16. The molecule has 0 bridgehead atoms. The van der Waals surface area contributed by atoms with E-state index >= 15 is 4.39 Å². The van der Waals surface area contributed by atoms with Gasteiger partial charge >= 0.3 is 5.97 Å². The van der Waals surface area contributed by atoms with Crippen molar-refractivity contribution in [1.29, 1.82) is 0 Å². The molecular weight excluding hydrogens is 466 g/mol. The minimum Gasteiger partial charge on any atom is -0.481 e. The third-order valence-electron chi connectivity index (χ3n) is 6.16. The van der Waals surface area contributed by atoms with Crippen molar-refractivity contribution >= 4 is 23.2 Å². The van der Waals surface area contributed by atoms with Gasteiger partial charge in [-0.3, -0.25) is 19.8 Å². The Labute approximate surface area is 207 Å². The smallest absolute Gasteiger partial charge is 0.314 e. The lowest BCUT2D eigenvalue weighted by atomic mass is 9.94. The Bertz CT molecular complexity index is 1360. The molecule has 0 unspecified atom stereocenters. The molecule has 2 heterocycles. The molecule has 8 nitrogen and oxygen atoms in total. The van der Waals surface area contributed by atoms with Crippen LogP contribution in [0.15, 0.2) is 60.1 Å². The van der Waals surface area contributed by atoms with Crippen LogP contribution in [-0.2, 0) is 15.9 Å². The second-order valence-electron chi connectivity index (χ2n) is 9.06. The molecule has 0 saturated heterocycles. The van der Waals surface area contributed by atoms with Crippen LogP contribution in [0, 0.1) is 5.82 Å². The summed E-state index contributed by atoms with van der Waals surface area (Å²) < 4.78 is 29.5. The molecule has 3 aromatic rings. The summed E-state index contributed by atoms with van der Waals surface area (Å²) in [7, 11) is 1.49. The second-order valence-corrected chi connectivity index (χ2v) is 9.06. The van der Waals surface area contributed by atoms with Crippen molar-refractivity contribution in [3.63, 3.8) is 0 Å². The molecule has 10 heteroatoms. The van der Waals surface area contributed by atoms with Gasteiger partial charge in [-0.15, -0.1) is 0 Å². The molecule has 1 aromatic carbocycles. The molecule has 0 amide bonds. The van der Waals surface area contributed by atoms with Crippen LogP contribution >= 0.6 is 0 Å². The van der Waals surface area contributed by atoms with Crippen molar-refractivity contribution in [3.8, 4) is 11.1 Å². The van der Waals surface area contributed by atoms with Crippen molar-refractivity contribution in [2.45, 2.75) is 37.8 Å². The van der Waals surface area contributed by atoms with Gasteiger partial charge in [0.15, 0.2) is 0 Å². The van der Waals surface area contributed by atoms with E-state index in [2.05, 4.69) is 25.3 Å².